The lowest BCUT2D eigenvalue weighted by molar-refractivity contribution is -0.138. The van der Waals surface area contributed by atoms with E-state index in [0.717, 1.165) is 32.2 Å². The Kier molecular flexibility index (Phi) is 3.85. The van der Waals surface area contributed by atoms with Gasteiger partial charge in [-0.15, -0.1) is 0 Å². The summed E-state index contributed by atoms with van der Waals surface area (Å²) in [6.07, 6.45) is 4.07. The van der Waals surface area contributed by atoms with Crippen LogP contribution in [0.4, 0.5) is 0 Å². The van der Waals surface area contributed by atoms with Crippen molar-refractivity contribution < 1.29 is 14.6 Å². The highest BCUT2D eigenvalue weighted by molar-refractivity contribution is 4.79. The van der Waals surface area contributed by atoms with Gasteiger partial charge in [-0.3, -0.25) is 0 Å². The number of hydrogen-bond acceptors (Lipinski definition) is 4. The second-order valence-corrected chi connectivity index (χ2v) is 5.36. The molecule has 0 bridgehead atoms. The van der Waals surface area contributed by atoms with E-state index in [1.165, 1.54) is 0 Å². The van der Waals surface area contributed by atoms with E-state index in [1.807, 2.05) is 13.8 Å². The maximum Gasteiger partial charge on any atom is 0.163 e. The predicted octanol–water partition coefficient (Wildman–Crippen LogP) is 1.03. The van der Waals surface area contributed by atoms with Crippen LogP contribution in [0.15, 0.2) is 0 Å². The number of aliphatic hydroxyl groups excluding tert-OH is 1. The fourth-order valence-electron chi connectivity index (χ4n) is 2.44. The van der Waals surface area contributed by atoms with Crippen LogP contribution in [0, 0.1) is 0 Å². The van der Waals surface area contributed by atoms with E-state index in [4.69, 9.17) is 9.47 Å². The second-order valence-electron chi connectivity index (χ2n) is 5.36. The van der Waals surface area contributed by atoms with Gasteiger partial charge in [0.15, 0.2) is 5.79 Å². The van der Waals surface area contributed by atoms with Crippen LogP contribution in [0.5, 0.6) is 0 Å². The molecule has 2 fully saturated rings. The van der Waals surface area contributed by atoms with Crippen LogP contribution in [0.25, 0.3) is 0 Å². The lowest BCUT2D eigenvalue weighted by atomic mass is 9.93. The summed E-state index contributed by atoms with van der Waals surface area (Å²) in [5.74, 6) is -0.422. The average molecular weight is 229 g/mol. The van der Waals surface area contributed by atoms with E-state index in [0.29, 0.717) is 12.6 Å². The molecule has 16 heavy (non-hydrogen) atoms. The van der Waals surface area contributed by atoms with Crippen molar-refractivity contribution >= 4 is 0 Å². The van der Waals surface area contributed by atoms with Crippen molar-refractivity contribution in [2.45, 2.75) is 63.6 Å². The number of aliphatic hydroxyl groups is 1. The molecule has 1 heterocycles. The van der Waals surface area contributed by atoms with Gasteiger partial charge in [0.05, 0.1) is 18.8 Å². The predicted molar refractivity (Wildman–Crippen MR) is 61.2 cm³/mol. The molecule has 1 saturated heterocycles. The van der Waals surface area contributed by atoms with Crippen LogP contribution >= 0.6 is 0 Å². The van der Waals surface area contributed by atoms with Gasteiger partial charge < -0.3 is 19.9 Å². The summed E-state index contributed by atoms with van der Waals surface area (Å²) in [6, 6.07) is 0.538. The average Bonchev–Trinajstić information content (AvgIpc) is 2.58. The quantitative estimate of drug-likeness (QED) is 0.759. The van der Waals surface area contributed by atoms with Crippen LogP contribution in [0.2, 0.25) is 0 Å². The zero-order valence-corrected chi connectivity index (χ0v) is 10.2. The first-order valence-electron chi connectivity index (χ1n) is 6.28. The van der Waals surface area contributed by atoms with Crippen molar-refractivity contribution in [2.24, 2.45) is 0 Å². The maximum absolute atomic E-state index is 9.40. The van der Waals surface area contributed by atoms with Crippen LogP contribution in [0.3, 0.4) is 0 Å². The van der Waals surface area contributed by atoms with Gasteiger partial charge in [-0.05, 0) is 39.5 Å². The summed E-state index contributed by atoms with van der Waals surface area (Å²) in [7, 11) is 0. The topological polar surface area (TPSA) is 50.7 Å². The molecular weight excluding hydrogens is 206 g/mol. The molecule has 1 aliphatic heterocycles. The molecule has 0 amide bonds. The van der Waals surface area contributed by atoms with Crippen LogP contribution in [0.1, 0.15) is 39.5 Å². The van der Waals surface area contributed by atoms with Gasteiger partial charge in [0.1, 0.15) is 0 Å². The van der Waals surface area contributed by atoms with Gasteiger partial charge >= 0.3 is 0 Å². The Hall–Kier alpha value is -0.160. The normalized spacial score (nSPS) is 38.8. The molecule has 0 aromatic heterocycles. The third-order valence-corrected chi connectivity index (χ3v) is 3.40. The molecule has 4 heteroatoms. The number of nitrogens with one attached hydrogen (secondary N) is 1. The Labute approximate surface area is 97.3 Å². The molecule has 4 nitrogen and oxygen atoms in total. The molecule has 0 radical (unpaired) electrons. The summed E-state index contributed by atoms with van der Waals surface area (Å²) in [6.45, 7) is 5.42. The molecule has 2 N–H and O–H groups in total. The van der Waals surface area contributed by atoms with E-state index in [1.54, 1.807) is 0 Å². The number of rotatable bonds is 3. The highest BCUT2D eigenvalue weighted by Gasteiger charge is 2.32. The van der Waals surface area contributed by atoms with Crippen LogP contribution in [-0.2, 0) is 9.47 Å². The Balaban J connectivity index is 1.65. The Morgan fingerprint density at radius 1 is 1.25 bits per heavy atom. The minimum absolute atomic E-state index is 0.0805. The van der Waals surface area contributed by atoms with Crippen molar-refractivity contribution in [1.82, 2.24) is 5.32 Å². The van der Waals surface area contributed by atoms with Gasteiger partial charge in [0.2, 0.25) is 0 Å². The monoisotopic (exact) mass is 229 g/mol. The minimum atomic E-state index is -0.422. The van der Waals surface area contributed by atoms with E-state index in [9.17, 15) is 5.11 Å². The van der Waals surface area contributed by atoms with Crippen molar-refractivity contribution in [3.8, 4) is 0 Å². The highest BCUT2D eigenvalue weighted by Crippen LogP contribution is 2.23. The first-order valence-corrected chi connectivity index (χ1v) is 6.28. The van der Waals surface area contributed by atoms with Crippen LogP contribution in [-0.4, -0.2) is 42.3 Å². The highest BCUT2D eigenvalue weighted by atomic mass is 16.7. The van der Waals surface area contributed by atoms with Gasteiger partial charge in [-0.2, -0.15) is 0 Å². The Bertz CT molecular complexity index is 224. The lowest BCUT2D eigenvalue weighted by Gasteiger charge is -2.27. The van der Waals surface area contributed by atoms with E-state index in [2.05, 4.69) is 5.32 Å². The lowest BCUT2D eigenvalue weighted by Crippen LogP contribution is -2.40. The molecule has 1 atom stereocenters. The molecule has 0 aromatic carbocycles. The van der Waals surface area contributed by atoms with Crippen LogP contribution < -0.4 is 5.32 Å². The summed E-state index contributed by atoms with van der Waals surface area (Å²) >= 11 is 0. The summed E-state index contributed by atoms with van der Waals surface area (Å²) in [5.41, 5.74) is 0. The zero-order chi connectivity index (χ0) is 11.6. The van der Waals surface area contributed by atoms with Gasteiger partial charge in [-0.1, -0.05) is 0 Å². The molecule has 1 saturated carbocycles. The van der Waals surface area contributed by atoms with Gasteiger partial charge in [0, 0.05) is 12.6 Å². The van der Waals surface area contributed by atoms with Gasteiger partial charge in [-0.25, -0.2) is 0 Å². The molecule has 0 spiro atoms. The third-order valence-electron chi connectivity index (χ3n) is 3.40. The maximum atomic E-state index is 9.40. The smallest absolute Gasteiger partial charge is 0.163 e. The molecule has 1 unspecified atom stereocenters. The second kappa shape index (κ2) is 5.00. The first-order chi connectivity index (χ1) is 7.55. The fourth-order valence-corrected chi connectivity index (χ4v) is 2.44. The summed E-state index contributed by atoms with van der Waals surface area (Å²) in [5, 5.41) is 12.9. The molecule has 1 aliphatic carbocycles. The molecular formula is C12H23NO3. The summed E-state index contributed by atoms with van der Waals surface area (Å²) in [4.78, 5) is 0. The molecule has 2 aliphatic rings. The molecule has 2 rings (SSSR count). The van der Waals surface area contributed by atoms with Crippen molar-refractivity contribution in [2.75, 3.05) is 13.2 Å². The van der Waals surface area contributed by atoms with Crippen molar-refractivity contribution in [1.29, 1.82) is 0 Å². The molecule has 0 aromatic rings. The SMILES string of the molecule is CC1(C)OCC(CNC2CCC(O)CC2)O1. The Morgan fingerprint density at radius 3 is 2.50 bits per heavy atom. The van der Waals surface area contributed by atoms with E-state index < -0.39 is 5.79 Å². The third kappa shape index (κ3) is 3.42. The van der Waals surface area contributed by atoms with Crippen molar-refractivity contribution in [3.05, 3.63) is 0 Å². The van der Waals surface area contributed by atoms with E-state index in [-0.39, 0.29) is 12.2 Å². The number of hydrogen-bond donors (Lipinski definition) is 2. The zero-order valence-electron chi connectivity index (χ0n) is 10.2. The Morgan fingerprint density at radius 2 is 1.94 bits per heavy atom. The van der Waals surface area contributed by atoms with Gasteiger partial charge in [0.25, 0.3) is 0 Å². The van der Waals surface area contributed by atoms with Crippen molar-refractivity contribution in [3.63, 3.8) is 0 Å². The summed E-state index contributed by atoms with van der Waals surface area (Å²) < 4.78 is 11.2. The minimum Gasteiger partial charge on any atom is -0.393 e. The standard InChI is InChI=1S/C12H23NO3/c1-12(2)15-8-11(16-12)7-13-9-3-5-10(14)6-4-9/h9-11,13-14H,3-8H2,1-2H3. The number of ether oxygens (including phenoxy) is 2. The largest absolute Gasteiger partial charge is 0.393 e. The van der Waals surface area contributed by atoms with E-state index >= 15 is 0 Å². The fraction of sp³-hybridized carbons (Fsp3) is 1.00. The first kappa shape index (κ1) is 12.3. The molecule has 94 valence electrons.